The molecule has 1 aliphatic heterocycles. The van der Waals surface area contributed by atoms with Gasteiger partial charge in [0.05, 0.1) is 11.1 Å². The van der Waals surface area contributed by atoms with Crippen molar-refractivity contribution in [3.8, 4) is 0 Å². The van der Waals surface area contributed by atoms with Gasteiger partial charge in [-0.3, -0.25) is 19.6 Å². The number of benzene rings is 1. The van der Waals surface area contributed by atoms with Gasteiger partial charge >= 0.3 is 5.97 Å². The number of nitrogens with zero attached hydrogens (tertiary/aromatic N) is 3. The Morgan fingerprint density at radius 1 is 1.29 bits per heavy atom. The lowest BCUT2D eigenvalue weighted by Gasteiger charge is -2.32. The third-order valence-electron chi connectivity index (χ3n) is 4.34. The lowest BCUT2D eigenvalue weighted by molar-refractivity contribution is -0.137. The van der Waals surface area contributed by atoms with Crippen LogP contribution in [0.25, 0.3) is 11.0 Å². The molecule has 1 saturated heterocycles. The van der Waals surface area contributed by atoms with Gasteiger partial charge in [0.15, 0.2) is 0 Å². The van der Waals surface area contributed by atoms with E-state index >= 15 is 0 Å². The minimum atomic E-state index is -0.829. The Morgan fingerprint density at radius 3 is 2.88 bits per heavy atom. The van der Waals surface area contributed by atoms with E-state index in [2.05, 4.69) is 9.97 Å². The van der Waals surface area contributed by atoms with Crippen LogP contribution in [0.1, 0.15) is 36.0 Å². The van der Waals surface area contributed by atoms with Gasteiger partial charge in [-0.05, 0) is 31.2 Å². The number of carboxylic acids is 1. The zero-order valence-electron chi connectivity index (χ0n) is 13.1. The highest BCUT2D eigenvalue weighted by Crippen LogP contribution is 2.24. The second-order valence-corrected chi connectivity index (χ2v) is 6.07. The number of carboxylic acid groups (broad SMARTS) is 1. The van der Waals surface area contributed by atoms with E-state index in [0.29, 0.717) is 30.5 Å². The Balaban J connectivity index is 1.82. The molecule has 1 fully saturated rings. The predicted molar refractivity (Wildman–Crippen MR) is 85.0 cm³/mol. The van der Waals surface area contributed by atoms with Crippen molar-refractivity contribution in [3.63, 3.8) is 0 Å². The summed E-state index contributed by atoms with van der Waals surface area (Å²) in [5.74, 6) is -1.47. The Hall–Kier alpha value is -2.57. The molecular formula is C17H18FN3O3. The van der Waals surface area contributed by atoms with Crippen molar-refractivity contribution in [2.24, 2.45) is 5.92 Å². The van der Waals surface area contributed by atoms with Crippen LogP contribution in [0, 0.1) is 11.7 Å². The quantitative estimate of drug-likeness (QED) is 0.930. The van der Waals surface area contributed by atoms with Gasteiger partial charge in [0, 0.05) is 38.0 Å². The van der Waals surface area contributed by atoms with Crippen molar-refractivity contribution >= 4 is 22.9 Å². The fourth-order valence-corrected chi connectivity index (χ4v) is 3.19. The number of hydrogen-bond acceptors (Lipinski definition) is 4. The van der Waals surface area contributed by atoms with E-state index in [1.807, 2.05) is 0 Å². The highest BCUT2D eigenvalue weighted by molar-refractivity contribution is 6.04. The number of halogens is 1. The normalized spacial score (nSPS) is 17.9. The maximum Gasteiger partial charge on any atom is 0.303 e. The summed E-state index contributed by atoms with van der Waals surface area (Å²) in [6.45, 7) is 1.07. The predicted octanol–water partition coefficient (Wildman–Crippen LogP) is 2.49. The van der Waals surface area contributed by atoms with Crippen LogP contribution in [0.2, 0.25) is 0 Å². The lowest BCUT2D eigenvalue weighted by Crippen LogP contribution is -2.40. The first-order valence-corrected chi connectivity index (χ1v) is 7.96. The number of likely N-dealkylation sites (tertiary alicyclic amines) is 1. The molecule has 6 nitrogen and oxygen atoms in total. The largest absolute Gasteiger partial charge is 0.481 e. The van der Waals surface area contributed by atoms with Gasteiger partial charge in [0.25, 0.3) is 5.91 Å². The van der Waals surface area contributed by atoms with Crippen LogP contribution in [0.3, 0.4) is 0 Å². The SMILES string of the molecule is O=C(O)CCC1CCCN(C(=O)c2cc(F)cc3nccnc23)C1. The van der Waals surface area contributed by atoms with Crippen molar-refractivity contribution in [1.82, 2.24) is 14.9 Å². The fourth-order valence-electron chi connectivity index (χ4n) is 3.19. The summed E-state index contributed by atoms with van der Waals surface area (Å²) in [5.41, 5.74) is 0.939. The molecule has 2 aromatic rings. The molecule has 1 amide bonds. The molecule has 1 unspecified atom stereocenters. The van der Waals surface area contributed by atoms with E-state index in [1.165, 1.54) is 24.5 Å². The molecule has 1 aliphatic rings. The summed E-state index contributed by atoms with van der Waals surface area (Å²) >= 11 is 0. The summed E-state index contributed by atoms with van der Waals surface area (Å²) in [6, 6.07) is 2.45. The topological polar surface area (TPSA) is 83.4 Å². The molecule has 0 saturated carbocycles. The number of rotatable bonds is 4. The summed E-state index contributed by atoms with van der Waals surface area (Å²) in [5, 5.41) is 8.81. The molecule has 0 bridgehead atoms. The van der Waals surface area contributed by atoms with E-state index in [1.54, 1.807) is 4.90 Å². The number of hydrogen-bond donors (Lipinski definition) is 1. The smallest absolute Gasteiger partial charge is 0.303 e. The molecule has 2 heterocycles. The minimum Gasteiger partial charge on any atom is -0.481 e. The van der Waals surface area contributed by atoms with E-state index < -0.39 is 11.8 Å². The maximum atomic E-state index is 13.8. The number of carbonyl (C=O) groups excluding carboxylic acids is 1. The molecule has 0 aliphatic carbocycles. The van der Waals surface area contributed by atoms with Crippen molar-refractivity contribution < 1.29 is 19.1 Å². The average molecular weight is 331 g/mol. The first-order valence-electron chi connectivity index (χ1n) is 7.96. The first kappa shape index (κ1) is 16.3. The molecule has 1 aromatic carbocycles. The summed E-state index contributed by atoms with van der Waals surface area (Å²) < 4.78 is 13.8. The summed E-state index contributed by atoms with van der Waals surface area (Å²) in [4.78, 5) is 33.4. The number of aliphatic carboxylic acids is 1. The van der Waals surface area contributed by atoms with E-state index in [-0.39, 0.29) is 23.8 Å². The molecule has 24 heavy (non-hydrogen) atoms. The Bertz CT molecular complexity index is 781. The zero-order chi connectivity index (χ0) is 17.1. The van der Waals surface area contributed by atoms with Gasteiger partial charge in [-0.15, -0.1) is 0 Å². The number of piperidine rings is 1. The highest BCUT2D eigenvalue weighted by atomic mass is 19.1. The lowest BCUT2D eigenvalue weighted by atomic mass is 9.93. The molecule has 1 atom stereocenters. The van der Waals surface area contributed by atoms with Crippen molar-refractivity contribution in [2.45, 2.75) is 25.7 Å². The van der Waals surface area contributed by atoms with Crippen LogP contribution in [0.4, 0.5) is 4.39 Å². The Kier molecular flexibility index (Phi) is 4.69. The minimum absolute atomic E-state index is 0.0983. The van der Waals surface area contributed by atoms with Crippen molar-refractivity contribution in [2.75, 3.05) is 13.1 Å². The van der Waals surface area contributed by atoms with E-state index in [9.17, 15) is 14.0 Å². The number of fused-ring (bicyclic) bond motifs is 1. The number of aromatic nitrogens is 2. The van der Waals surface area contributed by atoms with Crippen LogP contribution >= 0.6 is 0 Å². The van der Waals surface area contributed by atoms with Crippen LogP contribution < -0.4 is 0 Å². The highest BCUT2D eigenvalue weighted by Gasteiger charge is 2.26. The Morgan fingerprint density at radius 2 is 2.08 bits per heavy atom. The third kappa shape index (κ3) is 3.50. The molecule has 3 rings (SSSR count). The fraction of sp³-hybridized carbons (Fsp3) is 0.412. The molecule has 126 valence electrons. The van der Waals surface area contributed by atoms with Gasteiger partial charge < -0.3 is 10.0 Å². The third-order valence-corrected chi connectivity index (χ3v) is 4.34. The second-order valence-electron chi connectivity index (χ2n) is 6.07. The molecule has 1 aromatic heterocycles. The van der Waals surface area contributed by atoms with Gasteiger partial charge in [0.2, 0.25) is 0 Å². The van der Waals surface area contributed by atoms with Gasteiger partial charge in [-0.2, -0.15) is 0 Å². The first-order chi connectivity index (χ1) is 11.5. The summed E-state index contributed by atoms with van der Waals surface area (Å²) in [6.07, 6.45) is 5.29. The van der Waals surface area contributed by atoms with Crippen LogP contribution in [0.5, 0.6) is 0 Å². The monoisotopic (exact) mass is 331 g/mol. The second kappa shape index (κ2) is 6.90. The standard InChI is InChI=1S/C17H18FN3O3/c18-12-8-13(16-14(9-12)19-5-6-20-16)17(24)21-7-1-2-11(10-21)3-4-15(22)23/h5-6,8-9,11H,1-4,7,10H2,(H,22,23). The molecule has 1 N–H and O–H groups in total. The zero-order valence-corrected chi connectivity index (χ0v) is 13.1. The number of amides is 1. The Labute approximate surface area is 138 Å². The molecule has 7 heteroatoms. The summed E-state index contributed by atoms with van der Waals surface area (Å²) in [7, 11) is 0. The van der Waals surface area contributed by atoms with Gasteiger partial charge in [-0.25, -0.2) is 4.39 Å². The van der Waals surface area contributed by atoms with Gasteiger partial charge in [-0.1, -0.05) is 0 Å². The molecule has 0 radical (unpaired) electrons. The number of carbonyl (C=O) groups is 2. The van der Waals surface area contributed by atoms with E-state index in [4.69, 9.17) is 5.11 Å². The van der Waals surface area contributed by atoms with Gasteiger partial charge in [0.1, 0.15) is 11.3 Å². The van der Waals surface area contributed by atoms with Crippen molar-refractivity contribution in [1.29, 1.82) is 0 Å². The van der Waals surface area contributed by atoms with E-state index in [0.717, 1.165) is 12.8 Å². The van der Waals surface area contributed by atoms with Crippen LogP contribution in [-0.4, -0.2) is 44.9 Å². The molecule has 0 spiro atoms. The van der Waals surface area contributed by atoms with Crippen molar-refractivity contribution in [3.05, 3.63) is 35.9 Å². The van der Waals surface area contributed by atoms with Crippen LogP contribution in [0.15, 0.2) is 24.5 Å². The molecular weight excluding hydrogens is 313 g/mol. The van der Waals surface area contributed by atoms with Crippen LogP contribution in [-0.2, 0) is 4.79 Å². The maximum absolute atomic E-state index is 13.8. The average Bonchev–Trinajstić information content (AvgIpc) is 2.58.